The van der Waals surface area contributed by atoms with Gasteiger partial charge < -0.3 is 10.4 Å². The molecule has 0 bridgehead atoms. The SMILES string of the molecule is CCNS(=O)(=O)c1ccc(/C=C/C(=O)NCCCO)cc1. The zero-order valence-electron chi connectivity index (χ0n) is 11.9. The van der Waals surface area contributed by atoms with E-state index in [0.717, 1.165) is 5.56 Å². The fraction of sp³-hybridized carbons (Fsp3) is 0.357. The van der Waals surface area contributed by atoms with Crippen molar-refractivity contribution < 1.29 is 18.3 Å². The van der Waals surface area contributed by atoms with Crippen molar-refractivity contribution in [2.24, 2.45) is 0 Å². The topological polar surface area (TPSA) is 95.5 Å². The molecular formula is C14H20N2O4S. The molecule has 3 N–H and O–H groups in total. The number of hydrogen-bond donors (Lipinski definition) is 3. The molecule has 0 heterocycles. The number of benzene rings is 1. The molecule has 6 nitrogen and oxygen atoms in total. The van der Waals surface area contributed by atoms with E-state index in [1.807, 2.05) is 0 Å². The second-order valence-electron chi connectivity index (χ2n) is 4.27. The lowest BCUT2D eigenvalue weighted by Crippen LogP contribution is -2.23. The number of hydrogen-bond acceptors (Lipinski definition) is 4. The number of nitrogens with one attached hydrogen (secondary N) is 2. The van der Waals surface area contributed by atoms with E-state index in [4.69, 9.17) is 5.11 Å². The van der Waals surface area contributed by atoms with Crippen LogP contribution >= 0.6 is 0 Å². The van der Waals surface area contributed by atoms with Gasteiger partial charge in [0.2, 0.25) is 15.9 Å². The molecule has 0 saturated heterocycles. The van der Waals surface area contributed by atoms with Gasteiger partial charge in [-0.2, -0.15) is 0 Å². The van der Waals surface area contributed by atoms with Crippen molar-refractivity contribution in [3.05, 3.63) is 35.9 Å². The molecule has 1 rings (SSSR count). The first-order chi connectivity index (χ1) is 9.99. The van der Waals surface area contributed by atoms with Gasteiger partial charge in [-0.05, 0) is 30.2 Å². The highest BCUT2D eigenvalue weighted by Crippen LogP contribution is 2.11. The molecule has 0 aliphatic rings. The molecule has 0 fully saturated rings. The van der Waals surface area contributed by atoms with Crippen LogP contribution in [0.2, 0.25) is 0 Å². The van der Waals surface area contributed by atoms with Crippen LogP contribution in [0.3, 0.4) is 0 Å². The maximum absolute atomic E-state index is 11.7. The Morgan fingerprint density at radius 2 is 1.95 bits per heavy atom. The minimum absolute atomic E-state index is 0.0335. The third-order valence-corrected chi connectivity index (χ3v) is 4.15. The van der Waals surface area contributed by atoms with E-state index < -0.39 is 10.0 Å². The summed E-state index contributed by atoms with van der Waals surface area (Å²) < 4.78 is 25.9. The van der Waals surface area contributed by atoms with Crippen molar-refractivity contribution in [2.45, 2.75) is 18.2 Å². The summed E-state index contributed by atoms with van der Waals surface area (Å²) in [6, 6.07) is 6.23. The molecule has 0 aliphatic heterocycles. The number of carbonyl (C=O) groups is 1. The van der Waals surface area contributed by atoms with Gasteiger partial charge in [0.15, 0.2) is 0 Å². The Hall–Kier alpha value is -1.70. The first-order valence-electron chi connectivity index (χ1n) is 6.66. The van der Waals surface area contributed by atoms with Gasteiger partial charge in [-0.15, -0.1) is 0 Å². The van der Waals surface area contributed by atoms with Crippen molar-refractivity contribution in [1.82, 2.24) is 10.0 Å². The lowest BCUT2D eigenvalue weighted by atomic mass is 10.2. The highest BCUT2D eigenvalue weighted by atomic mass is 32.2. The minimum atomic E-state index is -3.45. The zero-order chi connectivity index (χ0) is 15.7. The molecule has 0 saturated carbocycles. The van der Waals surface area contributed by atoms with Gasteiger partial charge in [0.05, 0.1) is 4.90 Å². The fourth-order valence-electron chi connectivity index (χ4n) is 1.55. The van der Waals surface area contributed by atoms with E-state index in [9.17, 15) is 13.2 Å². The maximum Gasteiger partial charge on any atom is 0.244 e. The van der Waals surface area contributed by atoms with E-state index in [1.165, 1.54) is 18.2 Å². The van der Waals surface area contributed by atoms with Gasteiger partial charge in [-0.25, -0.2) is 13.1 Å². The molecule has 0 spiro atoms. The van der Waals surface area contributed by atoms with Crippen LogP contribution in [-0.4, -0.2) is 39.1 Å². The molecule has 0 aliphatic carbocycles. The number of rotatable bonds is 8. The Morgan fingerprint density at radius 3 is 2.52 bits per heavy atom. The summed E-state index contributed by atoms with van der Waals surface area (Å²) in [5.41, 5.74) is 0.725. The van der Waals surface area contributed by atoms with Gasteiger partial charge in [0.1, 0.15) is 0 Å². The van der Waals surface area contributed by atoms with E-state index in [2.05, 4.69) is 10.0 Å². The van der Waals surface area contributed by atoms with Gasteiger partial charge in [-0.1, -0.05) is 19.1 Å². The predicted octanol–water partition coefficient (Wildman–Crippen LogP) is 0.497. The summed E-state index contributed by atoms with van der Waals surface area (Å²) in [5, 5.41) is 11.2. The van der Waals surface area contributed by atoms with E-state index in [0.29, 0.717) is 19.5 Å². The molecular weight excluding hydrogens is 292 g/mol. The number of aliphatic hydroxyl groups is 1. The highest BCUT2D eigenvalue weighted by Gasteiger charge is 2.11. The summed E-state index contributed by atoms with van der Waals surface area (Å²) in [6.07, 6.45) is 3.47. The molecule has 1 amide bonds. The Kier molecular flexibility index (Phi) is 7.07. The molecule has 0 aromatic heterocycles. The second-order valence-corrected chi connectivity index (χ2v) is 6.04. The Labute approximate surface area is 124 Å². The van der Waals surface area contributed by atoms with Crippen LogP contribution in [0, 0.1) is 0 Å². The predicted molar refractivity (Wildman–Crippen MR) is 81.1 cm³/mol. The van der Waals surface area contributed by atoms with Crippen LogP contribution < -0.4 is 10.0 Å². The fourth-order valence-corrected chi connectivity index (χ4v) is 2.59. The molecule has 21 heavy (non-hydrogen) atoms. The average Bonchev–Trinajstić information content (AvgIpc) is 2.46. The van der Waals surface area contributed by atoms with Crippen LogP contribution in [0.4, 0.5) is 0 Å². The quantitative estimate of drug-likeness (QED) is 0.481. The maximum atomic E-state index is 11.7. The van der Waals surface area contributed by atoms with Crippen molar-refractivity contribution in [3.63, 3.8) is 0 Å². The van der Waals surface area contributed by atoms with Crippen LogP contribution in [0.25, 0.3) is 6.08 Å². The number of carbonyl (C=O) groups excluding carboxylic acids is 1. The zero-order valence-corrected chi connectivity index (χ0v) is 12.7. The summed E-state index contributed by atoms with van der Waals surface area (Å²) in [6.45, 7) is 2.49. The third-order valence-electron chi connectivity index (χ3n) is 2.59. The molecule has 1 aromatic carbocycles. The van der Waals surface area contributed by atoms with Gasteiger partial charge in [0, 0.05) is 25.8 Å². The minimum Gasteiger partial charge on any atom is -0.396 e. The summed E-state index contributed by atoms with van der Waals surface area (Å²) in [5.74, 6) is -0.257. The van der Waals surface area contributed by atoms with Crippen LogP contribution in [0.5, 0.6) is 0 Å². The molecule has 0 radical (unpaired) electrons. The Bertz CT molecular complexity index is 579. The third kappa shape index (κ3) is 6.07. The summed E-state index contributed by atoms with van der Waals surface area (Å²) in [4.78, 5) is 11.6. The highest BCUT2D eigenvalue weighted by molar-refractivity contribution is 7.89. The average molecular weight is 312 g/mol. The largest absolute Gasteiger partial charge is 0.396 e. The summed E-state index contributed by atoms with van der Waals surface area (Å²) in [7, 11) is -3.45. The van der Waals surface area contributed by atoms with Crippen molar-refractivity contribution in [3.8, 4) is 0 Å². The van der Waals surface area contributed by atoms with Gasteiger partial charge in [-0.3, -0.25) is 4.79 Å². The standard InChI is InChI=1S/C14H20N2O4S/c1-2-16-21(19,20)13-7-4-12(5-8-13)6-9-14(18)15-10-3-11-17/h4-9,16-17H,2-3,10-11H2,1H3,(H,15,18)/b9-6+. The Balaban J connectivity index is 2.64. The van der Waals surface area contributed by atoms with Crippen LogP contribution in [-0.2, 0) is 14.8 Å². The lowest BCUT2D eigenvalue weighted by Gasteiger charge is -2.04. The number of aliphatic hydroxyl groups excluding tert-OH is 1. The van der Waals surface area contributed by atoms with Crippen molar-refractivity contribution in [1.29, 1.82) is 0 Å². The lowest BCUT2D eigenvalue weighted by molar-refractivity contribution is -0.116. The van der Waals surface area contributed by atoms with Crippen molar-refractivity contribution >= 4 is 22.0 Å². The second kappa shape index (κ2) is 8.56. The van der Waals surface area contributed by atoms with Crippen LogP contribution in [0.1, 0.15) is 18.9 Å². The van der Waals surface area contributed by atoms with E-state index in [1.54, 1.807) is 25.1 Å². The monoisotopic (exact) mass is 312 g/mol. The molecule has 0 unspecified atom stereocenters. The molecule has 7 heteroatoms. The van der Waals surface area contributed by atoms with Crippen molar-refractivity contribution in [2.75, 3.05) is 19.7 Å². The normalized spacial score (nSPS) is 11.7. The first-order valence-corrected chi connectivity index (χ1v) is 8.14. The number of sulfonamides is 1. The van der Waals surface area contributed by atoms with E-state index >= 15 is 0 Å². The molecule has 1 aromatic rings. The number of amides is 1. The van der Waals surface area contributed by atoms with Crippen LogP contribution in [0.15, 0.2) is 35.2 Å². The molecule has 116 valence electrons. The van der Waals surface area contributed by atoms with Gasteiger partial charge >= 0.3 is 0 Å². The summed E-state index contributed by atoms with van der Waals surface area (Å²) >= 11 is 0. The smallest absolute Gasteiger partial charge is 0.244 e. The Morgan fingerprint density at radius 1 is 1.29 bits per heavy atom. The van der Waals surface area contributed by atoms with E-state index in [-0.39, 0.29) is 17.4 Å². The molecule has 0 atom stereocenters. The van der Waals surface area contributed by atoms with Gasteiger partial charge in [0.25, 0.3) is 0 Å². The first kappa shape index (κ1) is 17.4.